The lowest BCUT2D eigenvalue weighted by Gasteiger charge is -2.11. The van der Waals surface area contributed by atoms with Crippen LogP contribution in [0.4, 0.5) is 4.39 Å². The number of rotatable bonds is 2. The molecule has 2 rings (SSSR count). The van der Waals surface area contributed by atoms with Crippen LogP contribution in [0.5, 0.6) is 0 Å². The second-order valence-corrected chi connectivity index (χ2v) is 5.81. The van der Waals surface area contributed by atoms with Gasteiger partial charge in [-0.1, -0.05) is 45.2 Å². The van der Waals surface area contributed by atoms with Crippen molar-refractivity contribution < 1.29 is 4.39 Å². The lowest BCUT2D eigenvalue weighted by atomic mass is 10.1. The van der Waals surface area contributed by atoms with Crippen molar-refractivity contribution in [2.24, 2.45) is 0 Å². The van der Waals surface area contributed by atoms with E-state index in [2.05, 4.69) is 15.9 Å². The zero-order chi connectivity index (χ0) is 11.7. The van der Waals surface area contributed by atoms with Gasteiger partial charge in [-0.2, -0.15) is 0 Å². The predicted octanol–water partition coefficient (Wildman–Crippen LogP) is 5.68. The molecule has 0 bridgehead atoms. The summed E-state index contributed by atoms with van der Waals surface area (Å²) in [5, 5.41) is 2.87. The molecule has 1 aromatic heterocycles. The number of thiophene rings is 1. The zero-order valence-electron chi connectivity index (χ0n) is 7.88. The van der Waals surface area contributed by atoms with Crippen molar-refractivity contribution in [3.05, 3.63) is 55.9 Å². The van der Waals surface area contributed by atoms with Crippen molar-refractivity contribution in [2.75, 3.05) is 0 Å². The van der Waals surface area contributed by atoms with Crippen molar-refractivity contribution in [3.8, 4) is 0 Å². The van der Waals surface area contributed by atoms with E-state index in [0.29, 0.717) is 15.6 Å². The second-order valence-electron chi connectivity index (χ2n) is 3.13. The molecule has 2 aromatic rings. The van der Waals surface area contributed by atoms with Gasteiger partial charge >= 0.3 is 0 Å². The fraction of sp³-hybridized carbons (Fsp3) is 0.0909. The monoisotopic (exact) mass is 338 g/mol. The molecule has 1 atom stereocenters. The van der Waals surface area contributed by atoms with Crippen LogP contribution in [0.2, 0.25) is 10.0 Å². The van der Waals surface area contributed by atoms with Crippen LogP contribution in [-0.4, -0.2) is 0 Å². The van der Waals surface area contributed by atoms with Crippen LogP contribution in [0.15, 0.2) is 29.6 Å². The molecule has 1 unspecified atom stereocenters. The highest BCUT2D eigenvalue weighted by Crippen LogP contribution is 2.42. The van der Waals surface area contributed by atoms with Crippen molar-refractivity contribution in [1.29, 1.82) is 0 Å². The molecule has 84 valence electrons. The topological polar surface area (TPSA) is 0 Å². The summed E-state index contributed by atoms with van der Waals surface area (Å²) in [4.78, 5) is 0.544. The SMILES string of the molecule is Fc1cccc(Cl)c1C(Br)c1sccc1Cl. The van der Waals surface area contributed by atoms with Gasteiger partial charge in [0.2, 0.25) is 0 Å². The maximum Gasteiger partial charge on any atom is 0.129 e. The Kier molecular flexibility index (Phi) is 3.90. The number of hydrogen-bond acceptors (Lipinski definition) is 1. The summed E-state index contributed by atoms with van der Waals surface area (Å²) in [6.07, 6.45) is 0. The Hall–Kier alpha value is -0.0900. The first-order chi connectivity index (χ1) is 7.61. The Morgan fingerprint density at radius 2 is 1.94 bits per heavy atom. The quantitative estimate of drug-likeness (QED) is 0.617. The number of halogens is 4. The maximum absolute atomic E-state index is 13.7. The summed E-state index contributed by atoms with van der Waals surface area (Å²) < 4.78 is 13.7. The summed E-state index contributed by atoms with van der Waals surface area (Å²) in [7, 11) is 0. The van der Waals surface area contributed by atoms with E-state index in [1.54, 1.807) is 18.2 Å². The molecule has 0 fully saturated rings. The van der Waals surface area contributed by atoms with E-state index >= 15 is 0 Å². The van der Waals surface area contributed by atoms with Gasteiger partial charge in [0, 0.05) is 15.5 Å². The minimum atomic E-state index is -0.334. The third-order valence-electron chi connectivity index (χ3n) is 2.13. The first kappa shape index (κ1) is 12.4. The summed E-state index contributed by atoms with van der Waals surface area (Å²) in [5.74, 6) is -0.334. The molecule has 1 aromatic carbocycles. The molecule has 0 saturated carbocycles. The molecule has 0 saturated heterocycles. The van der Waals surface area contributed by atoms with Gasteiger partial charge in [-0.3, -0.25) is 0 Å². The van der Waals surface area contributed by atoms with E-state index in [9.17, 15) is 4.39 Å². The molecule has 0 spiro atoms. The van der Waals surface area contributed by atoms with Crippen molar-refractivity contribution in [2.45, 2.75) is 4.83 Å². The Balaban J connectivity index is 2.49. The normalized spacial score (nSPS) is 12.8. The lowest BCUT2D eigenvalue weighted by molar-refractivity contribution is 0.614. The van der Waals surface area contributed by atoms with Crippen LogP contribution in [0, 0.1) is 5.82 Å². The molecular weight excluding hydrogens is 334 g/mol. The van der Waals surface area contributed by atoms with Gasteiger partial charge in [0.1, 0.15) is 5.82 Å². The lowest BCUT2D eigenvalue weighted by Crippen LogP contribution is -1.96. The first-order valence-electron chi connectivity index (χ1n) is 4.42. The van der Waals surface area contributed by atoms with Crippen molar-refractivity contribution >= 4 is 50.5 Å². The number of benzene rings is 1. The fourth-order valence-corrected chi connectivity index (χ4v) is 4.09. The Morgan fingerprint density at radius 1 is 1.19 bits per heavy atom. The van der Waals surface area contributed by atoms with E-state index in [4.69, 9.17) is 23.2 Å². The fourth-order valence-electron chi connectivity index (χ4n) is 1.37. The van der Waals surface area contributed by atoms with Crippen molar-refractivity contribution in [3.63, 3.8) is 0 Å². The predicted molar refractivity (Wildman–Crippen MR) is 71.5 cm³/mol. The van der Waals surface area contributed by atoms with E-state index in [-0.39, 0.29) is 10.6 Å². The molecule has 5 heteroatoms. The van der Waals surface area contributed by atoms with Gasteiger partial charge in [0.05, 0.1) is 9.85 Å². The summed E-state index contributed by atoms with van der Waals surface area (Å²) in [5.41, 5.74) is 0.425. The molecule has 0 aliphatic carbocycles. The summed E-state index contributed by atoms with van der Waals surface area (Å²) in [6, 6.07) is 6.41. The molecule has 0 amide bonds. The maximum atomic E-state index is 13.7. The molecule has 0 aliphatic heterocycles. The Labute approximate surface area is 115 Å². The summed E-state index contributed by atoms with van der Waals surface area (Å²) in [6.45, 7) is 0. The van der Waals surface area contributed by atoms with Crippen molar-refractivity contribution in [1.82, 2.24) is 0 Å². The highest BCUT2D eigenvalue weighted by atomic mass is 79.9. The van der Waals surface area contributed by atoms with Crippen LogP contribution in [-0.2, 0) is 0 Å². The number of alkyl halides is 1. The molecule has 1 heterocycles. The molecule has 0 nitrogen and oxygen atoms in total. The molecular formula is C11H6BrCl2FS. The molecule has 16 heavy (non-hydrogen) atoms. The minimum Gasteiger partial charge on any atom is -0.207 e. The number of hydrogen-bond donors (Lipinski definition) is 0. The Morgan fingerprint density at radius 3 is 2.50 bits per heavy atom. The third-order valence-corrected chi connectivity index (χ3v) is 5.10. The average molecular weight is 340 g/mol. The van der Waals surface area contributed by atoms with Gasteiger partial charge in [0.25, 0.3) is 0 Å². The van der Waals surface area contributed by atoms with Crippen LogP contribution in [0.1, 0.15) is 15.3 Å². The zero-order valence-corrected chi connectivity index (χ0v) is 11.8. The minimum absolute atomic E-state index is 0.311. The van der Waals surface area contributed by atoms with E-state index < -0.39 is 0 Å². The molecule has 0 N–H and O–H groups in total. The van der Waals surface area contributed by atoms with E-state index in [1.165, 1.54) is 17.4 Å². The second kappa shape index (κ2) is 5.05. The van der Waals surface area contributed by atoms with Gasteiger partial charge in [0.15, 0.2) is 0 Å². The van der Waals surface area contributed by atoms with Gasteiger partial charge in [-0.25, -0.2) is 4.39 Å². The molecule has 0 radical (unpaired) electrons. The third kappa shape index (κ3) is 2.28. The van der Waals surface area contributed by atoms with Crippen LogP contribution >= 0.6 is 50.5 Å². The highest BCUT2D eigenvalue weighted by Gasteiger charge is 2.21. The van der Waals surface area contributed by atoms with E-state index in [0.717, 1.165) is 4.88 Å². The first-order valence-corrected chi connectivity index (χ1v) is 6.97. The summed E-state index contributed by atoms with van der Waals surface area (Å²) >= 11 is 16.9. The largest absolute Gasteiger partial charge is 0.207 e. The smallest absolute Gasteiger partial charge is 0.129 e. The van der Waals surface area contributed by atoms with E-state index in [1.807, 2.05) is 5.38 Å². The highest BCUT2D eigenvalue weighted by molar-refractivity contribution is 9.09. The van der Waals surface area contributed by atoms with Crippen LogP contribution in [0.25, 0.3) is 0 Å². The Bertz CT molecular complexity index is 492. The van der Waals surface area contributed by atoms with Crippen LogP contribution in [0.3, 0.4) is 0 Å². The van der Waals surface area contributed by atoms with Gasteiger partial charge in [-0.05, 0) is 23.6 Å². The average Bonchev–Trinajstić information content (AvgIpc) is 2.64. The standard InChI is InChI=1S/C11H6BrCl2FS/c12-10(11-7(14)4-5-16-11)9-6(13)2-1-3-8(9)15/h1-5,10H. The van der Waals surface area contributed by atoms with Crippen LogP contribution < -0.4 is 0 Å². The van der Waals surface area contributed by atoms with Gasteiger partial charge < -0.3 is 0 Å². The van der Waals surface area contributed by atoms with Gasteiger partial charge in [-0.15, -0.1) is 11.3 Å². The molecule has 0 aliphatic rings.